The number of benzene rings is 2. The highest BCUT2D eigenvalue weighted by Crippen LogP contribution is 2.13. The first kappa shape index (κ1) is 15.1. The molecule has 2 rings (SSSR count). The Morgan fingerprint density at radius 3 is 1.95 bits per heavy atom. The quantitative estimate of drug-likeness (QED) is 0.717. The second-order valence-corrected chi connectivity index (χ2v) is 4.66. The van der Waals surface area contributed by atoms with E-state index in [1.54, 1.807) is 13.3 Å². The molecule has 2 aromatic rings. The Bertz CT molecular complexity index is 550. The number of rotatable bonds is 6. The lowest BCUT2D eigenvalue weighted by molar-refractivity contribution is 0.465. The summed E-state index contributed by atoms with van der Waals surface area (Å²) in [7, 11) is 1.69. The van der Waals surface area contributed by atoms with Crippen LogP contribution in [-0.4, -0.2) is 31.7 Å². The minimum atomic E-state index is -0.406. The van der Waals surface area contributed by atoms with E-state index in [9.17, 15) is 4.39 Å². The van der Waals surface area contributed by atoms with Crippen molar-refractivity contribution in [2.75, 3.05) is 13.7 Å². The van der Waals surface area contributed by atoms with E-state index in [1.165, 1.54) is 0 Å². The Kier molecular flexibility index (Phi) is 5.83. The summed E-state index contributed by atoms with van der Waals surface area (Å²) in [5, 5.41) is 0. The van der Waals surface area contributed by atoms with E-state index in [2.05, 4.69) is 4.99 Å². The minimum Gasteiger partial charge on any atom is -0.299 e. The normalized spacial score (nSPS) is 12.3. The minimum absolute atomic E-state index is 0.240. The van der Waals surface area contributed by atoms with Gasteiger partial charge in [-0.15, -0.1) is 0 Å². The van der Waals surface area contributed by atoms with Crippen molar-refractivity contribution < 1.29 is 4.39 Å². The van der Waals surface area contributed by atoms with Gasteiger partial charge >= 0.3 is 0 Å². The highest BCUT2D eigenvalue weighted by Gasteiger charge is 2.10. The molecule has 0 bridgehead atoms. The van der Waals surface area contributed by atoms with Crippen LogP contribution in [0.25, 0.3) is 0 Å². The Labute approximate surface area is 125 Å². The fraction of sp³-hybridized carbons (Fsp3) is 0.222. The highest BCUT2D eigenvalue weighted by molar-refractivity contribution is 6.13. The summed E-state index contributed by atoms with van der Waals surface area (Å²) in [4.78, 5) is 8.72. The summed E-state index contributed by atoms with van der Waals surface area (Å²) in [6, 6.07) is 19.7. The van der Waals surface area contributed by atoms with Gasteiger partial charge in [0.15, 0.2) is 0 Å². The molecule has 1 atom stereocenters. The Morgan fingerprint density at radius 1 is 1.00 bits per heavy atom. The van der Waals surface area contributed by atoms with Gasteiger partial charge in [-0.2, -0.15) is 0 Å². The van der Waals surface area contributed by atoms with Gasteiger partial charge in [0.05, 0.1) is 18.4 Å². The van der Waals surface area contributed by atoms with E-state index in [1.807, 2.05) is 60.7 Å². The number of hydrogen-bond donors (Lipinski definition) is 0. The largest absolute Gasteiger partial charge is 0.299 e. The average molecular weight is 282 g/mol. The maximum atomic E-state index is 12.7. The molecule has 0 spiro atoms. The van der Waals surface area contributed by atoms with Crippen LogP contribution in [0.1, 0.15) is 17.5 Å². The lowest BCUT2D eigenvalue weighted by Gasteiger charge is -2.11. The molecule has 3 heteroatoms. The summed E-state index contributed by atoms with van der Waals surface area (Å²) in [5.41, 5.74) is 2.92. The number of halogens is 1. The van der Waals surface area contributed by atoms with Gasteiger partial charge in [-0.05, 0) is 0 Å². The van der Waals surface area contributed by atoms with E-state index in [4.69, 9.17) is 4.99 Å². The number of hydrogen-bond acceptors (Lipinski definition) is 2. The maximum absolute atomic E-state index is 12.7. The van der Waals surface area contributed by atoms with Crippen LogP contribution in [0.4, 0.5) is 4.39 Å². The van der Waals surface area contributed by atoms with Crippen molar-refractivity contribution in [3.05, 3.63) is 71.8 Å². The molecule has 0 heterocycles. The standard InChI is InChI=1S/C18H19FN2/c1-20-14-17(12-13-19)21-18(15-8-4-2-5-9-15)16-10-6-3-7-11-16/h2-11,14,17H,12-13H2,1H3. The molecule has 0 saturated carbocycles. The molecule has 0 amide bonds. The van der Waals surface area contributed by atoms with E-state index in [-0.39, 0.29) is 6.04 Å². The zero-order valence-corrected chi connectivity index (χ0v) is 12.1. The first-order chi connectivity index (χ1) is 10.3. The van der Waals surface area contributed by atoms with Gasteiger partial charge in [-0.1, -0.05) is 60.7 Å². The van der Waals surface area contributed by atoms with Gasteiger partial charge in [0, 0.05) is 30.8 Å². The van der Waals surface area contributed by atoms with Crippen molar-refractivity contribution in [3.8, 4) is 0 Å². The van der Waals surface area contributed by atoms with E-state index in [0.29, 0.717) is 6.42 Å². The molecule has 0 saturated heterocycles. The summed E-state index contributed by atoms with van der Waals surface area (Å²) < 4.78 is 12.7. The van der Waals surface area contributed by atoms with Crippen LogP contribution in [0.15, 0.2) is 70.6 Å². The maximum Gasteiger partial charge on any atom is 0.0918 e. The van der Waals surface area contributed by atoms with E-state index in [0.717, 1.165) is 16.8 Å². The van der Waals surface area contributed by atoms with Crippen LogP contribution in [0.5, 0.6) is 0 Å². The fourth-order valence-electron chi connectivity index (χ4n) is 2.13. The zero-order valence-electron chi connectivity index (χ0n) is 12.1. The van der Waals surface area contributed by atoms with Crippen LogP contribution >= 0.6 is 0 Å². The highest BCUT2D eigenvalue weighted by atomic mass is 19.1. The van der Waals surface area contributed by atoms with Crippen molar-refractivity contribution in [1.29, 1.82) is 0 Å². The van der Waals surface area contributed by atoms with Crippen molar-refractivity contribution in [1.82, 2.24) is 0 Å². The molecule has 0 aliphatic rings. The van der Waals surface area contributed by atoms with Crippen LogP contribution < -0.4 is 0 Å². The molecule has 0 aromatic heterocycles. The first-order valence-corrected chi connectivity index (χ1v) is 7.02. The second kappa shape index (κ2) is 8.10. The molecular formula is C18H19FN2. The van der Waals surface area contributed by atoms with Gasteiger partial charge in [0.1, 0.15) is 0 Å². The molecule has 21 heavy (non-hydrogen) atoms. The van der Waals surface area contributed by atoms with E-state index >= 15 is 0 Å². The molecule has 2 nitrogen and oxygen atoms in total. The third kappa shape index (κ3) is 4.35. The molecule has 0 radical (unpaired) electrons. The predicted octanol–water partition coefficient (Wildman–Crippen LogP) is 3.95. The lowest BCUT2D eigenvalue weighted by Crippen LogP contribution is -2.13. The zero-order chi connectivity index (χ0) is 14.9. The Balaban J connectivity index is 2.45. The molecular weight excluding hydrogens is 263 g/mol. The van der Waals surface area contributed by atoms with Crippen molar-refractivity contribution in [2.24, 2.45) is 9.98 Å². The number of aliphatic imine (C=N–C) groups is 2. The lowest BCUT2D eigenvalue weighted by atomic mass is 10.0. The van der Waals surface area contributed by atoms with Gasteiger partial charge in [-0.25, -0.2) is 0 Å². The molecule has 108 valence electrons. The monoisotopic (exact) mass is 282 g/mol. The third-order valence-electron chi connectivity index (χ3n) is 3.12. The van der Waals surface area contributed by atoms with Crippen molar-refractivity contribution in [3.63, 3.8) is 0 Å². The second-order valence-electron chi connectivity index (χ2n) is 4.66. The van der Waals surface area contributed by atoms with Gasteiger partial charge < -0.3 is 0 Å². The topological polar surface area (TPSA) is 24.7 Å². The smallest absolute Gasteiger partial charge is 0.0918 e. The van der Waals surface area contributed by atoms with Crippen molar-refractivity contribution in [2.45, 2.75) is 12.5 Å². The molecule has 2 aromatic carbocycles. The van der Waals surface area contributed by atoms with Crippen LogP contribution in [0.2, 0.25) is 0 Å². The van der Waals surface area contributed by atoms with Crippen LogP contribution in [0, 0.1) is 0 Å². The van der Waals surface area contributed by atoms with Crippen LogP contribution in [-0.2, 0) is 0 Å². The van der Waals surface area contributed by atoms with E-state index < -0.39 is 6.67 Å². The number of nitrogens with zero attached hydrogens (tertiary/aromatic N) is 2. The first-order valence-electron chi connectivity index (χ1n) is 7.02. The number of alkyl halides is 1. The Hall–Kier alpha value is -2.29. The molecule has 0 aliphatic heterocycles. The predicted molar refractivity (Wildman–Crippen MR) is 87.3 cm³/mol. The van der Waals surface area contributed by atoms with Crippen molar-refractivity contribution >= 4 is 11.9 Å². The fourth-order valence-corrected chi connectivity index (χ4v) is 2.13. The van der Waals surface area contributed by atoms with Gasteiger partial charge in [0.2, 0.25) is 0 Å². The molecule has 1 unspecified atom stereocenters. The van der Waals surface area contributed by atoms with Gasteiger partial charge in [-0.3, -0.25) is 14.4 Å². The third-order valence-corrected chi connectivity index (χ3v) is 3.12. The summed E-state index contributed by atoms with van der Waals surface area (Å²) in [6.07, 6.45) is 2.05. The summed E-state index contributed by atoms with van der Waals surface area (Å²) in [6.45, 7) is -0.406. The van der Waals surface area contributed by atoms with Gasteiger partial charge in [0.25, 0.3) is 0 Å². The summed E-state index contributed by atoms with van der Waals surface area (Å²) >= 11 is 0. The van der Waals surface area contributed by atoms with Crippen LogP contribution in [0.3, 0.4) is 0 Å². The average Bonchev–Trinajstić information content (AvgIpc) is 2.54. The molecule has 0 N–H and O–H groups in total. The molecule has 0 fully saturated rings. The SMILES string of the molecule is CN=CC(CCF)N=C(c1ccccc1)c1ccccc1. The Morgan fingerprint density at radius 2 is 1.52 bits per heavy atom. The molecule has 0 aliphatic carbocycles. The summed E-state index contributed by atoms with van der Waals surface area (Å²) in [5.74, 6) is 0.